The van der Waals surface area contributed by atoms with Crippen LogP contribution < -0.4 is 5.32 Å². The molecule has 0 radical (unpaired) electrons. The Kier molecular flexibility index (Phi) is 62.9. The highest BCUT2D eigenvalue weighted by molar-refractivity contribution is 5.76. The average molecular weight is 1040 g/mol. The summed E-state index contributed by atoms with van der Waals surface area (Å²) in [5.74, 6) is -0.0564. The predicted molar refractivity (Wildman–Crippen MR) is 324 cm³/mol. The van der Waals surface area contributed by atoms with Crippen LogP contribution in [0.4, 0.5) is 0 Å². The summed E-state index contributed by atoms with van der Waals surface area (Å²) in [6.07, 6.45) is 78.4. The molecule has 6 heteroatoms. The number of amides is 1. The number of carbonyl (C=O) groups excluding carboxylic acids is 2. The second kappa shape index (κ2) is 64.1. The minimum absolute atomic E-state index is 0.0106. The number of nitrogens with one attached hydrogen (secondary N) is 1. The first-order valence-corrected chi connectivity index (χ1v) is 34.0. The highest BCUT2D eigenvalue weighted by Crippen LogP contribution is 2.19. The van der Waals surface area contributed by atoms with E-state index >= 15 is 0 Å². The molecule has 0 saturated carbocycles. The summed E-state index contributed by atoms with van der Waals surface area (Å²) in [5, 5.41) is 23.3. The van der Waals surface area contributed by atoms with E-state index in [1.807, 2.05) is 6.08 Å². The smallest absolute Gasteiger partial charge is 0.305 e. The predicted octanol–water partition coefficient (Wildman–Crippen LogP) is 21.6. The zero-order valence-corrected chi connectivity index (χ0v) is 50.4. The van der Waals surface area contributed by atoms with E-state index in [-0.39, 0.29) is 18.5 Å². The summed E-state index contributed by atoms with van der Waals surface area (Å²) in [6.45, 7) is 4.94. The number of carbonyl (C=O) groups is 2. The van der Waals surface area contributed by atoms with E-state index in [9.17, 15) is 19.8 Å². The Morgan fingerprint density at radius 2 is 0.622 bits per heavy atom. The number of esters is 1. The molecule has 1 amide bonds. The summed E-state index contributed by atoms with van der Waals surface area (Å²) in [4.78, 5) is 24.6. The molecule has 0 heterocycles. The Balaban J connectivity index is 3.42. The average Bonchev–Trinajstić information content (AvgIpc) is 3.40. The fraction of sp³-hybridized carbons (Fsp3) is 0.941. The molecule has 0 aromatic heterocycles. The standard InChI is InChI=1S/C68H133NO5/c1-3-5-7-9-11-13-15-17-19-20-21-22-23-24-25-26-29-33-36-40-44-48-52-56-60-66(71)65(64-70)69-67(72)61-57-53-49-45-41-37-34-30-27-28-31-35-39-43-47-51-55-59-63-74-68(73)62-58-54-50-46-42-38-32-18-16-14-12-10-8-6-4-2/h56,60,65-66,70-71H,3-55,57-59,61-64H2,1-2H3,(H,69,72)/b60-56+. The monoisotopic (exact) mass is 1040 g/mol. The third-order valence-corrected chi connectivity index (χ3v) is 16.1. The molecule has 74 heavy (non-hydrogen) atoms. The first kappa shape index (κ1) is 72.6. The summed E-state index contributed by atoms with van der Waals surface area (Å²) in [7, 11) is 0. The quantitative estimate of drug-likeness (QED) is 0.0320. The van der Waals surface area contributed by atoms with E-state index < -0.39 is 12.1 Å². The van der Waals surface area contributed by atoms with Gasteiger partial charge < -0.3 is 20.3 Å². The van der Waals surface area contributed by atoms with Crippen LogP contribution in [-0.4, -0.2) is 47.4 Å². The summed E-state index contributed by atoms with van der Waals surface area (Å²) >= 11 is 0. The molecule has 0 aliphatic carbocycles. The van der Waals surface area contributed by atoms with Gasteiger partial charge in [0.05, 0.1) is 25.4 Å². The lowest BCUT2D eigenvalue weighted by Crippen LogP contribution is -2.45. The van der Waals surface area contributed by atoms with Crippen LogP contribution in [0.25, 0.3) is 0 Å². The number of ether oxygens (including phenoxy) is 1. The topological polar surface area (TPSA) is 95.9 Å². The Bertz CT molecular complexity index is 1110. The Morgan fingerprint density at radius 1 is 0.365 bits per heavy atom. The van der Waals surface area contributed by atoms with Gasteiger partial charge in [0, 0.05) is 12.8 Å². The summed E-state index contributed by atoms with van der Waals surface area (Å²) in [6, 6.07) is -0.631. The molecule has 0 rings (SSSR count). The third-order valence-electron chi connectivity index (χ3n) is 16.1. The van der Waals surface area contributed by atoms with Gasteiger partial charge in [-0.05, 0) is 32.1 Å². The Hall–Kier alpha value is -1.40. The van der Waals surface area contributed by atoms with Crippen molar-refractivity contribution in [2.24, 2.45) is 0 Å². The van der Waals surface area contributed by atoms with Gasteiger partial charge in [0.25, 0.3) is 0 Å². The maximum absolute atomic E-state index is 12.5. The molecule has 0 bridgehead atoms. The maximum Gasteiger partial charge on any atom is 0.305 e. The van der Waals surface area contributed by atoms with Gasteiger partial charge in [0.15, 0.2) is 0 Å². The fourth-order valence-corrected chi connectivity index (χ4v) is 10.9. The van der Waals surface area contributed by atoms with Crippen LogP contribution in [0, 0.1) is 0 Å². The minimum Gasteiger partial charge on any atom is -0.466 e. The molecular weight excluding hydrogens is 911 g/mol. The second-order valence-corrected chi connectivity index (χ2v) is 23.5. The number of hydrogen-bond donors (Lipinski definition) is 3. The van der Waals surface area contributed by atoms with Crippen molar-refractivity contribution in [1.29, 1.82) is 0 Å². The number of allylic oxidation sites excluding steroid dienone is 1. The van der Waals surface area contributed by atoms with Crippen molar-refractivity contribution in [2.45, 2.75) is 398 Å². The van der Waals surface area contributed by atoms with Crippen LogP contribution in [0.1, 0.15) is 386 Å². The first-order chi connectivity index (χ1) is 36.5. The van der Waals surface area contributed by atoms with Crippen molar-refractivity contribution < 1.29 is 24.5 Å². The van der Waals surface area contributed by atoms with Crippen molar-refractivity contribution in [3.05, 3.63) is 12.2 Å². The maximum atomic E-state index is 12.5. The lowest BCUT2D eigenvalue weighted by atomic mass is 10.0. The van der Waals surface area contributed by atoms with Gasteiger partial charge in [0.2, 0.25) is 5.91 Å². The molecular formula is C68H133NO5. The molecule has 0 aromatic rings. The van der Waals surface area contributed by atoms with Gasteiger partial charge in [-0.1, -0.05) is 353 Å². The zero-order valence-electron chi connectivity index (χ0n) is 50.4. The van der Waals surface area contributed by atoms with Gasteiger partial charge in [-0.25, -0.2) is 0 Å². The van der Waals surface area contributed by atoms with Crippen LogP contribution >= 0.6 is 0 Å². The summed E-state index contributed by atoms with van der Waals surface area (Å²) in [5.41, 5.74) is 0. The molecule has 6 nitrogen and oxygen atoms in total. The van der Waals surface area contributed by atoms with Crippen molar-refractivity contribution in [3.63, 3.8) is 0 Å². The molecule has 0 fully saturated rings. The first-order valence-electron chi connectivity index (χ1n) is 34.0. The van der Waals surface area contributed by atoms with Gasteiger partial charge in [0.1, 0.15) is 0 Å². The molecule has 3 N–H and O–H groups in total. The number of hydrogen-bond acceptors (Lipinski definition) is 5. The van der Waals surface area contributed by atoms with E-state index in [2.05, 4.69) is 19.2 Å². The van der Waals surface area contributed by atoms with Crippen molar-refractivity contribution in [1.82, 2.24) is 5.32 Å². The summed E-state index contributed by atoms with van der Waals surface area (Å²) < 4.78 is 5.49. The number of unbranched alkanes of at least 4 members (excludes halogenated alkanes) is 53. The molecule has 2 atom stereocenters. The van der Waals surface area contributed by atoms with Crippen LogP contribution in [0.5, 0.6) is 0 Å². The highest BCUT2D eigenvalue weighted by atomic mass is 16.5. The van der Waals surface area contributed by atoms with E-state index in [1.165, 1.54) is 321 Å². The van der Waals surface area contributed by atoms with Gasteiger partial charge >= 0.3 is 5.97 Å². The fourth-order valence-electron chi connectivity index (χ4n) is 10.9. The van der Waals surface area contributed by atoms with Gasteiger partial charge in [-0.3, -0.25) is 9.59 Å². The van der Waals surface area contributed by atoms with Crippen molar-refractivity contribution in [3.8, 4) is 0 Å². The van der Waals surface area contributed by atoms with Crippen LogP contribution in [-0.2, 0) is 14.3 Å². The van der Waals surface area contributed by atoms with E-state index in [1.54, 1.807) is 6.08 Å². The van der Waals surface area contributed by atoms with Gasteiger partial charge in [-0.2, -0.15) is 0 Å². The Labute approximate surface area is 463 Å². The SMILES string of the molecule is CCCCCCCCCCCCCCCCCCCCCCCC/C=C/C(O)C(CO)NC(=O)CCCCCCCCCCCCCCCCCCCCOC(=O)CCCCCCCCCCCCCCCCC. The molecule has 0 saturated heterocycles. The number of aliphatic hydroxyl groups is 2. The van der Waals surface area contributed by atoms with E-state index in [0.717, 1.165) is 38.5 Å². The molecule has 0 aliphatic rings. The second-order valence-electron chi connectivity index (χ2n) is 23.5. The molecule has 440 valence electrons. The van der Waals surface area contributed by atoms with Crippen LogP contribution in [0.2, 0.25) is 0 Å². The highest BCUT2D eigenvalue weighted by Gasteiger charge is 2.18. The van der Waals surface area contributed by atoms with Crippen LogP contribution in [0.15, 0.2) is 12.2 Å². The molecule has 0 aromatic carbocycles. The molecule has 2 unspecified atom stereocenters. The lowest BCUT2D eigenvalue weighted by Gasteiger charge is -2.20. The van der Waals surface area contributed by atoms with E-state index in [4.69, 9.17) is 4.74 Å². The minimum atomic E-state index is -0.848. The normalized spacial score (nSPS) is 12.5. The Morgan fingerprint density at radius 3 is 0.919 bits per heavy atom. The van der Waals surface area contributed by atoms with Crippen molar-refractivity contribution >= 4 is 11.9 Å². The number of aliphatic hydroxyl groups excluding tert-OH is 2. The van der Waals surface area contributed by atoms with Crippen molar-refractivity contribution in [2.75, 3.05) is 13.2 Å². The number of rotatable bonds is 64. The molecule has 0 aliphatic heterocycles. The zero-order chi connectivity index (χ0) is 53.6. The van der Waals surface area contributed by atoms with E-state index in [0.29, 0.717) is 19.4 Å². The van der Waals surface area contributed by atoms with Crippen LogP contribution in [0.3, 0.4) is 0 Å². The van der Waals surface area contributed by atoms with Gasteiger partial charge in [-0.15, -0.1) is 0 Å². The lowest BCUT2D eigenvalue weighted by molar-refractivity contribution is -0.143. The molecule has 0 spiro atoms. The largest absolute Gasteiger partial charge is 0.466 e. The third kappa shape index (κ3) is 59.8.